The fraction of sp³-hybridized carbons (Fsp3) is 0.200. The van der Waals surface area contributed by atoms with Crippen LogP contribution in [0.2, 0.25) is 0 Å². The molecule has 2 aromatic carbocycles. The predicted molar refractivity (Wildman–Crippen MR) is 78.9 cm³/mol. The van der Waals surface area contributed by atoms with Crippen molar-refractivity contribution in [1.29, 1.82) is 0 Å². The maximum atomic E-state index is 13.3. The zero-order chi connectivity index (χ0) is 13.8. The van der Waals surface area contributed by atoms with Crippen LogP contribution in [0.25, 0.3) is 0 Å². The Kier molecular flexibility index (Phi) is 4.43. The second kappa shape index (κ2) is 6.06. The van der Waals surface area contributed by atoms with Gasteiger partial charge in [-0.3, -0.25) is 0 Å². The minimum Gasteiger partial charge on any atom is -0.508 e. The number of benzene rings is 2. The summed E-state index contributed by atoms with van der Waals surface area (Å²) in [6, 6.07) is 11.8. The van der Waals surface area contributed by atoms with Crippen molar-refractivity contribution in [2.75, 3.05) is 11.4 Å². The van der Waals surface area contributed by atoms with Gasteiger partial charge in [0.1, 0.15) is 11.6 Å². The number of halogens is 2. The number of phenols is 1. The molecule has 0 aliphatic heterocycles. The first-order valence-corrected chi connectivity index (χ1v) is 6.87. The van der Waals surface area contributed by atoms with E-state index in [9.17, 15) is 9.50 Å². The van der Waals surface area contributed by atoms with E-state index >= 15 is 0 Å². The van der Waals surface area contributed by atoms with Crippen LogP contribution in [-0.2, 0) is 6.54 Å². The minimum absolute atomic E-state index is 0.248. The maximum Gasteiger partial charge on any atom is 0.125 e. The van der Waals surface area contributed by atoms with Crippen LogP contribution in [0.4, 0.5) is 10.1 Å². The molecule has 0 amide bonds. The van der Waals surface area contributed by atoms with Crippen LogP contribution in [0.1, 0.15) is 12.5 Å². The largest absolute Gasteiger partial charge is 0.508 e. The topological polar surface area (TPSA) is 23.5 Å². The molecule has 2 rings (SSSR count). The second-order valence-electron chi connectivity index (χ2n) is 4.27. The molecule has 0 atom stereocenters. The van der Waals surface area contributed by atoms with Crippen molar-refractivity contribution in [3.05, 3.63) is 58.3 Å². The van der Waals surface area contributed by atoms with Crippen molar-refractivity contribution in [3.63, 3.8) is 0 Å². The summed E-state index contributed by atoms with van der Waals surface area (Å²) in [5.41, 5.74) is 1.61. The van der Waals surface area contributed by atoms with E-state index in [0.717, 1.165) is 22.3 Å². The number of rotatable bonds is 4. The molecular weight excluding hydrogens is 309 g/mol. The van der Waals surface area contributed by atoms with Crippen LogP contribution in [0.5, 0.6) is 5.75 Å². The second-order valence-corrected chi connectivity index (χ2v) is 5.18. The molecule has 100 valence electrons. The van der Waals surface area contributed by atoms with Crippen molar-refractivity contribution in [1.82, 2.24) is 0 Å². The number of phenolic OH excluding ortho intramolecular Hbond substituents is 1. The Bertz CT molecular complexity index is 574. The van der Waals surface area contributed by atoms with Gasteiger partial charge in [0, 0.05) is 28.8 Å². The fourth-order valence-corrected chi connectivity index (χ4v) is 2.35. The number of anilines is 1. The first-order valence-electron chi connectivity index (χ1n) is 6.08. The highest BCUT2D eigenvalue weighted by Crippen LogP contribution is 2.25. The highest BCUT2D eigenvalue weighted by atomic mass is 79.9. The van der Waals surface area contributed by atoms with E-state index in [2.05, 4.69) is 15.9 Å². The summed E-state index contributed by atoms with van der Waals surface area (Å²) >= 11 is 3.39. The molecule has 4 heteroatoms. The Labute approximate surface area is 120 Å². The highest BCUT2D eigenvalue weighted by molar-refractivity contribution is 9.10. The van der Waals surface area contributed by atoms with Gasteiger partial charge >= 0.3 is 0 Å². The zero-order valence-electron chi connectivity index (χ0n) is 10.6. The molecule has 0 saturated carbocycles. The lowest BCUT2D eigenvalue weighted by Crippen LogP contribution is -2.22. The van der Waals surface area contributed by atoms with Gasteiger partial charge in [0.05, 0.1) is 0 Å². The van der Waals surface area contributed by atoms with E-state index in [-0.39, 0.29) is 11.6 Å². The van der Waals surface area contributed by atoms with Crippen LogP contribution in [0.3, 0.4) is 0 Å². The van der Waals surface area contributed by atoms with Crippen molar-refractivity contribution >= 4 is 21.6 Å². The molecule has 2 nitrogen and oxygen atoms in total. The minimum atomic E-state index is -0.255. The lowest BCUT2D eigenvalue weighted by molar-refractivity contribution is 0.467. The molecule has 0 aliphatic carbocycles. The van der Waals surface area contributed by atoms with Crippen LogP contribution in [0.15, 0.2) is 46.9 Å². The summed E-state index contributed by atoms with van der Waals surface area (Å²) in [5.74, 6) is -0.00697. The molecule has 0 radical (unpaired) electrons. The standard InChI is InChI=1S/C15H15BrFNO/c1-2-18(14-5-3-4-13(17)9-14)10-11-8-12(16)6-7-15(11)19/h3-9,19H,2,10H2,1H3. The Morgan fingerprint density at radius 3 is 2.68 bits per heavy atom. The number of nitrogens with zero attached hydrogens (tertiary/aromatic N) is 1. The van der Waals surface area contributed by atoms with Gasteiger partial charge in [0.2, 0.25) is 0 Å². The van der Waals surface area contributed by atoms with Gasteiger partial charge in [-0.1, -0.05) is 22.0 Å². The quantitative estimate of drug-likeness (QED) is 0.905. The molecule has 0 bridgehead atoms. The highest BCUT2D eigenvalue weighted by Gasteiger charge is 2.09. The van der Waals surface area contributed by atoms with Gasteiger partial charge in [0.15, 0.2) is 0 Å². The van der Waals surface area contributed by atoms with E-state index in [1.807, 2.05) is 24.0 Å². The van der Waals surface area contributed by atoms with Crippen molar-refractivity contribution < 1.29 is 9.50 Å². The molecular formula is C15H15BrFNO. The van der Waals surface area contributed by atoms with Crippen LogP contribution < -0.4 is 4.90 Å². The average Bonchev–Trinajstić information content (AvgIpc) is 2.39. The number of aromatic hydroxyl groups is 1. The third-order valence-electron chi connectivity index (χ3n) is 2.96. The van der Waals surface area contributed by atoms with Gasteiger partial charge in [-0.15, -0.1) is 0 Å². The average molecular weight is 324 g/mol. The van der Waals surface area contributed by atoms with Gasteiger partial charge in [-0.25, -0.2) is 4.39 Å². The zero-order valence-corrected chi connectivity index (χ0v) is 12.2. The molecule has 0 unspecified atom stereocenters. The third-order valence-corrected chi connectivity index (χ3v) is 3.45. The van der Waals surface area contributed by atoms with Crippen LogP contribution >= 0.6 is 15.9 Å². The molecule has 19 heavy (non-hydrogen) atoms. The smallest absolute Gasteiger partial charge is 0.125 e. The molecule has 2 aromatic rings. The normalized spacial score (nSPS) is 10.5. The molecule has 0 spiro atoms. The summed E-state index contributed by atoms with van der Waals surface area (Å²) in [4.78, 5) is 2.00. The molecule has 0 heterocycles. The first kappa shape index (κ1) is 13.9. The maximum absolute atomic E-state index is 13.3. The summed E-state index contributed by atoms with van der Waals surface area (Å²) in [6.07, 6.45) is 0. The van der Waals surface area contributed by atoms with E-state index in [1.165, 1.54) is 12.1 Å². The van der Waals surface area contributed by atoms with Crippen molar-refractivity contribution in [2.45, 2.75) is 13.5 Å². The first-order chi connectivity index (χ1) is 9.10. The Morgan fingerprint density at radius 1 is 1.21 bits per heavy atom. The Balaban J connectivity index is 2.26. The Morgan fingerprint density at radius 2 is 2.00 bits per heavy atom. The molecule has 0 aliphatic rings. The number of hydrogen-bond donors (Lipinski definition) is 1. The monoisotopic (exact) mass is 323 g/mol. The van der Waals surface area contributed by atoms with E-state index in [1.54, 1.807) is 18.2 Å². The molecule has 0 saturated heterocycles. The summed E-state index contributed by atoms with van der Waals surface area (Å²) in [7, 11) is 0. The van der Waals surface area contributed by atoms with Crippen LogP contribution in [-0.4, -0.2) is 11.7 Å². The summed E-state index contributed by atoms with van der Waals surface area (Å²) in [6.45, 7) is 3.26. The third kappa shape index (κ3) is 3.47. The molecule has 0 fully saturated rings. The number of hydrogen-bond acceptors (Lipinski definition) is 2. The Hall–Kier alpha value is -1.55. The molecule has 1 N–H and O–H groups in total. The van der Waals surface area contributed by atoms with Crippen LogP contribution in [0, 0.1) is 5.82 Å². The van der Waals surface area contributed by atoms with Gasteiger partial charge in [-0.2, -0.15) is 0 Å². The molecule has 0 aromatic heterocycles. The van der Waals surface area contributed by atoms with E-state index in [0.29, 0.717) is 6.54 Å². The summed E-state index contributed by atoms with van der Waals surface area (Å²) < 4.78 is 14.2. The van der Waals surface area contributed by atoms with Crippen molar-refractivity contribution in [2.24, 2.45) is 0 Å². The summed E-state index contributed by atoms with van der Waals surface area (Å²) in [5, 5.41) is 9.86. The SMILES string of the molecule is CCN(Cc1cc(Br)ccc1O)c1cccc(F)c1. The van der Waals surface area contributed by atoms with E-state index < -0.39 is 0 Å². The van der Waals surface area contributed by atoms with E-state index in [4.69, 9.17) is 0 Å². The van der Waals surface area contributed by atoms with Gasteiger partial charge < -0.3 is 10.0 Å². The predicted octanol–water partition coefficient (Wildman–Crippen LogP) is 4.32. The van der Waals surface area contributed by atoms with Gasteiger partial charge in [-0.05, 0) is 43.3 Å². The lowest BCUT2D eigenvalue weighted by Gasteiger charge is -2.23. The fourth-order valence-electron chi connectivity index (χ4n) is 1.94. The van der Waals surface area contributed by atoms with Gasteiger partial charge in [0.25, 0.3) is 0 Å². The lowest BCUT2D eigenvalue weighted by atomic mass is 10.1. The van der Waals surface area contributed by atoms with Crippen molar-refractivity contribution in [3.8, 4) is 5.75 Å².